The van der Waals surface area contributed by atoms with Gasteiger partial charge in [-0.1, -0.05) is 38.3 Å². The van der Waals surface area contributed by atoms with Crippen molar-refractivity contribution in [3.63, 3.8) is 0 Å². The fraction of sp³-hybridized carbons (Fsp3) is 0.588. The standard InChI is InChI=1S/C17H25ClN2O/c1-3-17(21)20-14-7-8-15(18)16(10-14)19-11-13-6-4-5-12(2)9-13/h7-8,10,12-13,19H,3-6,9,11H2,1-2H3,(H,20,21). The number of carbonyl (C=O) groups excluding carboxylic acids is 1. The molecule has 1 aliphatic rings. The Labute approximate surface area is 132 Å². The van der Waals surface area contributed by atoms with E-state index in [1.807, 2.05) is 25.1 Å². The number of amides is 1. The predicted octanol–water partition coefficient (Wildman–Crippen LogP) is 4.93. The molecule has 116 valence electrons. The van der Waals surface area contributed by atoms with Gasteiger partial charge in [0, 0.05) is 18.7 Å². The minimum absolute atomic E-state index is 0.0179. The minimum Gasteiger partial charge on any atom is -0.384 e. The fourth-order valence-corrected chi connectivity index (χ4v) is 3.17. The lowest BCUT2D eigenvalue weighted by atomic mass is 9.82. The van der Waals surface area contributed by atoms with Gasteiger partial charge in [0.1, 0.15) is 0 Å². The van der Waals surface area contributed by atoms with Crippen LogP contribution in [0.2, 0.25) is 5.02 Å². The molecule has 1 saturated carbocycles. The Morgan fingerprint density at radius 2 is 2.19 bits per heavy atom. The lowest BCUT2D eigenvalue weighted by molar-refractivity contribution is -0.115. The number of hydrogen-bond acceptors (Lipinski definition) is 2. The largest absolute Gasteiger partial charge is 0.384 e. The molecule has 1 aromatic carbocycles. The highest BCUT2D eigenvalue weighted by Gasteiger charge is 2.18. The molecule has 3 nitrogen and oxygen atoms in total. The summed E-state index contributed by atoms with van der Waals surface area (Å²) in [7, 11) is 0. The van der Waals surface area contributed by atoms with Gasteiger partial charge in [-0.05, 0) is 42.9 Å². The number of rotatable bonds is 5. The van der Waals surface area contributed by atoms with Gasteiger partial charge in [0.15, 0.2) is 0 Å². The van der Waals surface area contributed by atoms with Gasteiger partial charge in [0.25, 0.3) is 0 Å². The molecule has 1 amide bonds. The number of halogens is 1. The van der Waals surface area contributed by atoms with Crippen LogP contribution in [0.25, 0.3) is 0 Å². The molecule has 2 N–H and O–H groups in total. The summed E-state index contributed by atoms with van der Waals surface area (Å²) in [4.78, 5) is 11.5. The van der Waals surface area contributed by atoms with Gasteiger partial charge < -0.3 is 10.6 Å². The first-order valence-corrected chi connectivity index (χ1v) is 8.29. The molecule has 0 bridgehead atoms. The molecule has 2 unspecified atom stereocenters. The van der Waals surface area contributed by atoms with Crippen LogP contribution in [0, 0.1) is 11.8 Å². The maximum atomic E-state index is 11.5. The topological polar surface area (TPSA) is 41.1 Å². The second kappa shape index (κ2) is 7.69. The summed E-state index contributed by atoms with van der Waals surface area (Å²) in [6, 6.07) is 5.59. The average Bonchev–Trinajstić information content (AvgIpc) is 2.47. The van der Waals surface area contributed by atoms with Gasteiger partial charge in [-0.25, -0.2) is 0 Å². The molecule has 0 aromatic heterocycles. The first kappa shape index (κ1) is 16.2. The third kappa shape index (κ3) is 4.92. The zero-order chi connectivity index (χ0) is 15.2. The van der Waals surface area contributed by atoms with Crippen LogP contribution in [0.3, 0.4) is 0 Å². The third-order valence-corrected chi connectivity index (χ3v) is 4.53. The van der Waals surface area contributed by atoms with Crippen molar-refractivity contribution < 1.29 is 4.79 Å². The van der Waals surface area contributed by atoms with Gasteiger partial charge in [-0.2, -0.15) is 0 Å². The van der Waals surface area contributed by atoms with Crippen molar-refractivity contribution in [2.45, 2.75) is 46.0 Å². The van der Waals surface area contributed by atoms with E-state index in [-0.39, 0.29) is 5.91 Å². The van der Waals surface area contributed by atoms with Crippen LogP contribution in [0.15, 0.2) is 18.2 Å². The number of benzene rings is 1. The predicted molar refractivity (Wildman–Crippen MR) is 90.0 cm³/mol. The van der Waals surface area contributed by atoms with Crippen molar-refractivity contribution in [1.29, 1.82) is 0 Å². The SMILES string of the molecule is CCC(=O)Nc1ccc(Cl)c(NCC2CCCC(C)C2)c1. The Morgan fingerprint density at radius 1 is 1.38 bits per heavy atom. The van der Waals surface area contributed by atoms with E-state index in [4.69, 9.17) is 11.6 Å². The van der Waals surface area contributed by atoms with Crippen molar-refractivity contribution in [2.24, 2.45) is 11.8 Å². The Balaban J connectivity index is 1.95. The molecule has 21 heavy (non-hydrogen) atoms. The van der Waals surface area contributed by atoms with E-state index >= 15 is 0 Å². The van der Waals surface area contributed by atoms with Crippen molar-refractivity contribution >= 4 is 28.9 Å². The quantitative estimate of drug-likeness (QED) is 0.810. The highest BCUT2D eigenvalue weighted by atomic mass is 35.5. The molecule has 2 atom stereocenters. The average molecular weight is 309 g/mol. The zero-order valence-corrected chi connectivity index (χ0v) is 13.7. The van der Waals surface area contributed by atoms with Crippen LogP contribution in [-0.2, 0) is 4.79 Å². The first-order chi connectivity index (χ1) is 10.1. The van der Waals surface area contributed by atoms with Gasteiger partial charge >= 0.3 is 0 Å². The number of anilines is 2. The van der Waals surface area contributed by atoms with Crippen LogP contribution in [0.5, 0.6) is 0 Å². The number of nitrogens with one attached hydrogen (secondary N) is 2. The fourth-order valence-electron chi connectivity index (χ4n) is 2.99. The molecule has 0 heterocycles. The monoisotopic (exact) mass is 308 g/mol. The molecule has 0 saturated heterocycles. The second-order valence-corrected chi connectivity index (χ2v) is 6.52. The van der Waals surface area contributed by atoms with E-state index in [0.29, 0.717) is 11.4 Å². The normalized spacial score (nSPS) is 21.9. The Morgan fingerprint density at radius 3 is 2.90 bits per heavy atom. The highest BCUT2D eigenvalue weighted by molar-refractivity contribution is 6.33. The van der Waals surface area contributed by atoms with E-state index in [1.165, 1.54) is 25.7 Å². The van der Waals surface area contributed by atoms with Crippen molar-refractivity contribution in [3.05, 3.63) is 23.2 Å². The Bertz CT molecular complexity index is 490. The summed E-state index contributed by atoms with van der Waals surface area (Å²) in [6.07, 6.45) is 5.74. The maximum Gasteiger partial charge on any atom is 0.224 e. The highest BCUT2D eigenvalue weighted by Crippen LogP contribution is 2.30. The number of hydrogen-bond donors (Lipinski definition) is 2. The first-order valence-electron chi connectivity index (χ1n) is 7.91. The molecule has 0 spiro atoms. The van der Waals surface area contributed by atoms with Crippen LogP contribution in [0.1, 0.15) is 46.0 Å². The summed E-state index contributed by atoms with van der Waals surface area (Å²) < 4.78 is 0. The number of carbonyl (C=O) groups is 1. The Kier molecular flexibility index (Phi) is 5.92. The van der Waals surface area contributed by atoms with Crippen LogP contribution < -0.4 is 10.6 Å². The van der Waals surface area contributed by atoms with E-state index in [0.717, 1.165) is 29.8 Å². The van der Waals surface area contributed by atoms with Crippen LogP contribution in [0.4, 0.5) is 11.4 Å². The molecule has 0 aliphatic heterocycles. The van der Waals surface area contributed by atoms with E-state index in [9.17, 15) is 4.79 Å². The molecular formula is C17H25ClN2O. The van der Waals surface area contributed by atoms with E-state index < -0.39 is 0 Å². The van der Waals surface area contributed by atoms with E-state index in [1.54, 1.807) is 0 Å². The summed E-state index contributed by atoms with van der Waals surface area (Å²) in [5.74, 6) is 1.57. The molecule has 2 rings (SSSR count). The lowest BCUT2D eigenvalue weighted by Crippen LogP contribution is -2.21. The van der Waals surface area contributed by atoms with Gasteiger partial charge in [0.05, 0.1) is 10.7 Å². The molecule has 0 radical (unpaired) electrons. The minimum atomic E-state index is 0.0179. The summed E-state index contributed by atoms with van der Waals surface area (Å²) in [5.41, 5.74) is 1.70. The summed E-state index contributed by atoms with van der Waals surface area (Å²) in [6.45, 7) is 5.13. The van der Waals surface area contributed by atoms with Gasteiger partial charge in [-0.3, -0.25) is 4.79 Å². The Hall–Kier alpha value is -1.22. The third-order valence-electron chi connectivity index (χ3n) is 4.20. The molecular weight excluding hydrogens is 284 g/mol. The van der Waals surface area contributed by atoms with Crippen LogP contribution >= 0.6 is 11.6 Å². The van der Waals surface area contributed by atoms with Crippen molar-refractivity contribution in [3.8, 4) is 0 Å². The lowest BCUT2D eigenvalue weighted by Gasteiger charge is -2.27. The van der Waals surface area contributed by atoms with Crippen molar-refractivity contribution in [1.82, 2.24) is 0 Å². The summed E-state index contributed by atoms with van der Waals surface area (Å²) >= 11 is 6.24. The smallest absolute Gasteiger partial charge is 0.224 e. The molecule has 4 heteroatoms. The van der Waals surface area contributed by atoms with Crippen molar-refractivity contribution in [2.75, 3.05) is 17.2 Å². The second-order valence-electron chi connectivity index (χ2n) is 6.12. The molecule has 1 aromatic rings. The van der Waals surface area contributed by atoms with Gasteiger partial charge in [-0.15, -0.1) is 0 Å². The van der Waals surface area contributed by atoms with Gasteiger partial charge in [0.2, 0.25) is 5.91 Å². The molecule has 1 fully saturated rings. The van der Waals surface area contributed by atoms with E-state index in [2.05, 4.69) is 17.6 Å². The zero-order valence-electron chi connectivity index (χ0n) is 12.9. The summed E-state index contributed by atoms with van der Waals surface area (Å²) in [5, 5.41) is 7.02. The molecule has 1 aliphatic carbocycles. The van der Waals surface area contributed by atoms with Crippen LogP contribution in [-0.4, -0.2) is 12.5 Å². The maximum absolute atomic E-state index is 11.5.